The molecule has 0 fully saturated rings. The van der Waals surface area contributed by atoms with Gasteiger partial charge in [0.05, 0.1) is 26.5 Å². The van der Waals surface area contributed by atoms with Crippen LogP contribution in [-0.2, 0) is 11.3 Å². The molecule has 0 atom stereocenters. The van der Waals surface area contributed by atoms with E-state index < -0.39 is 0 Å². The smallest absolute Gasteiger partial charge is 0.277 e. The first kappa shape index (κ1) is 19.2. The predicted octanol–water partition coefficient (Wildman–Crippen LogP) is 3.57. The van der Waals surface area contributed by atoms with Crippen LogP contribution in [0.2, 0.25) is 0 Å². The molecule has 0 saturated carbocycles. The lowest BCUT2D eigenvalue weighted by atomic mass is 10.2. The third kappa shape index (κ3) is 5.01. The summed E-state index contributed by atoms with van der Waals surface area (Å²) in [4.78, 5) is 15.1. The lowest BCUT2D eigenvalue weighted by Crippen LogP contribution is -2.27. The predicted molar refractivity (Wildman–Crippen MR) is 104 cm³/mol. The van der Waals surface area contributed by atoms with Crippen molar-refractivity contribution < 1.29 is 18.7 Å². The van der Waals surface area contributed by atoms with Crippen LogP contribution in [0.3, 0.4) is 0 Å². The number of carbonyl (C=O) groups is 1. The maximum absolute atomic E-state index is 12.3. The molecule has 3 aromatic rings. The first-order valence-electron chi connectivity index (χ1n) is 8.05. The summed E-state index contributed by atoms with van der Waals surface area (Å²) in [6.45, 7) is 0.593. The molecule has 1 amide bonds. The number of carbonyl (C=O) groups excluding carboxylic acids is 1. The lowest BCUT2D eigenvalue weighted by molar-refractivity contribution is -0.127. The van der Waals surface area contributed by atoms with Crippen LogP contribution in [0.25, 0.3) is 11.5 Å². The molecule has 1 aromatic carbocycles. The highest BCUT2D eigenvalue weighted by atomic mass is 32.2. The molecule has 0 N–H and O–H groups in total. The Morgan fingerprint density at radius 2 is 1.96 bits per heavy atom. The summed E-state index contributed by atoms with van der Waals surface area (Å²) in [5.41, 5.74) is 0.687. The summed E-state index contributed by atoms with van der Waals surface area (Å²) in [6.07, 6.45) is 0. The van der Waals surface area contributed by atoms with Crippen LogP contribution in [0.1, 0.15) is 4.88 Å². The van der Waals surface area contributed by atoms with E-state index in [9.17, 15) is 4.79 Å². The minimum atomic E-state index is -0.00352. The SMILES string of the molecule is COc1cc(OC)cc(-c2nnc(SCC(=O)N(C)Cc3cccs3)o2)c1. The number of ether oxygens (including phenoxy) is 2. The highest BCUT2D eigenvalue weighted by molar-refractivity contribution is 7.99. The Kier molecular flexibility index (Phi) is 6.36. The second-order valence-corrected chi connectivity index (χ2v) is 7.55. The van der Waals surface area contributed by atoms with Crippen LogP contribution in [0.15, 0.2) is 45.4 Å². The summed E-state index contributed by atoms with van der Waals surface area (Å²) < 4.78 is 16.2. The second kappa shape index (κ2) is 8.92. The van der Waals surface area contributed by atoms with Crippen molar-refractivity contribution in [3.63, 3.8) is 0 Å². The maximum atomic E-state index is 12.3. The number of thiophene rings is 1. The zero-order chi connectivity index (χ0) is 19.2. The van der Waals surface area contributed by atoms with Crippen molar-refractivity contribution in [1.82, 2.24) is 15.1 Å². The van der Waals surface area contributed by atoms with Crippen molar-refractivity contribution in [2.45, 2.75) is 11.8 Å². The third-order valence-corrected chi connectivity index (χ3v) is 5.39. The van der Waals surface area contributed by atoms with Gasteiger partial charge < -0.3 is 18.8 Å². The molecule has 0 aliphatic carbocycles. The number of benzene rings is 1. The van der Waals surface area contributed by atoms with Crippen LogP contribution in [0.4, 0.5) is 0 Å². The molecule has 3 rings (SSSR count). The van der Waals surface area contributed by atoms with Gasteiger partial charge in [-0.25, -0.2) is 0 Å². The number of thioether (sulfide) groups is 1. The van der Waals surface area contributed by atoms with Gasteiger partial charge in [-0.3, -0.25) is 4.79 Å². The van der Waals surface area contributed by atoms with E-state index in [0.29, 0.717) is 34.7 Å². The highest BCUT2D eigenvalue weighted by Crippen LogP contribution is 2.30. The number of hydrogen-bond acceptors (Lipinski definition) is 8. The van der Waals surface area contributed by atoms with E-state index in [1.54, 1.807) is 55.7 Å². The monoisotopic (exact) mass is 405 g/mol. The van der Waals surface area contributed by atoms with Crippen LogP contribution in [0, 0.1) is 0 Å². The van der Waals surface area contributed by atoms with Crippen LogP contribution in [0.5, 0.6) is 11.5 Å². The second-order valence-electron chi connectivity index (χ2n) is 5.59. The van der Waals surface area contributed by atoms with Gasteiger partial charge in [0.2, 0.25) is 11.8 Å². The fraction of sp³-hybridized carbons (Fsp3) is 0.278. The molecule has 2 heterocycles. The molecule has 0 saturated heterocycles. The van der Waals surface area contributed by atoms with Gasteiger partial charge in [-0.1, -0.05) is 17.8 Å². The largest absolute Gasteiger partial charge is 0.497 e. The Hall–Kier alpha value is -2.52. The molecule has 0 aliphatic heterocycles. The van der Waals surface area contributed by atoms with E-state index in [1.165, 1.54) is 11.8 Å². The van der Waals surface area contributed by atoms with Crippen molar-refractivity contribution in [1.29, 1.82) is 0 Å². The Balaban J connectivity index is 1.62. The highest BCUT2D eigenvalue weighted by Gasteiger charge is 2.15. The Bertz CT molecular complexity index is 874. The molecular weight excluding hydrogens is 386 g/mol. The number of hydrogen-bond donors (Lipinski definition) is 0. The first-order valence-corrected chi connectivity index (χ1v) is 9.91. The quantitative estimate of drug-likeness (QED) is 0.530. The number of methoxy groups -OCH3 is 2. The molecule has 9 heteroatoms. The molecular formula is C18H19N3O4S2. The van der Waals surface area contributed by atoms with Crippen LogP contribution < -0.4 is 9.47 Å². The molecule has 7 nitrogen and oxygen atoms in total. The Morgan fingerprint density at radius 1 is 1.22 bits per heavy atom. The van der Waals surface area contributed by atoms with Gasteiger partial charge in [-0.2, -0.15) is 0 Å². The topological polar surface area (TPSA) is 77.7 Å². The minimum absolute atomic E-state index is 0.00352. The van der Waals surface area contributed by atoms with Gasteiger partial charge in [-0.15, -0.1) is 21.5 Å². The van der Waals surface area contributed by atoms with Crippen molar-refractivity contribution in [2.75, 3.05) is 27.0 Å². The Labute approximate surface area is 165 Å². The normalized spacial score (nSPS) is 10.6. The van der Waals surface area contributed by atoms with Crippen molar-refractivity contribution >= 4 is 29.0 Å². The van der Waals surface area contributed by atoms with Crippen LogP contribution in [-0.4, -0.2) is 48.0 Å². The average Bonchev–Trinajstić information content (AvgIpc) is 3.37. The summed E-state index contributed by atoms with van der Waals surface area (Å²) in [7, 11) is 4.93. The maximum Gasteiger partial charge on any atom is 0.277 e. The van der Waals surface area contributed by atoms with Gasteiger partial charge in [0.15, 0.2) is 0 Å². The summed E-state index contributed by atoms with van der Waals surface area (Å²) >= 11 is 2.84. The van der Waals surface area contributed by atoms with E-state index in [1.807, 2.05) is 17.5 Å². The summed E-state index contributed by atoms with van der Waals surface area (Å²) in [6, 6.07) is 9.31. The summed E-state index contributed by atoms with van der Waals surface area (Å²) in [5.74, 6) is 1.82. The molecule has 142 valence electrons. The number of aromatic nitrogens is 2. The van der Waals surface area contributed by atoms with E-state index in [-0.39, 0.29) is 11.7 Å². The molecule has 27 heavy (non-hydrogen) atoms. The van der Waals surface area contributed by atoms with Crippen molar-refractivity contribution in [3.05, 3.63) is 40.6 Å². The standard InChI is InChI=1S/C18H19N3O4S2/c1-21(10-15-5-4-6-26-15)16(22)11-27-18-20-19-17(25-18)12-7-13(23-2)9-14(8-12)24-3/h4-9H,10-11H2,1-3H3. The van der Waals surface area contributed by atoms with E-state index in [0.717, 1.165) is 4.88 Å². The van der Waals surface area contributed by atoms with Crippen molar-refractivity contribution in [3.8, 4) is 23.0 Å². The molecule has 0 bridgehead atoms. The molecule has 0 spiro atoms. The number of amides is 1. The molecule has 0 aliphatic rings. The van der Waals surface area contributed by atoms with Crippen LogP contribution >= 0.6 is 23.1 Å². The number of nitrogens with zero attached hydrogens (tertiary/aromatic N) is 3. The van der Waals surface area contributed by atoms with Gasteiger partial charge in [0.25, 0.3) is 5.22 Å². The molecule has 0 unspecified atom stereocenters. The first-order chi connectivity index (χ1) is 13.1. The zero-order valence-corrected chi connectivity index (χ0v) is 16.8. The minimum Gasteiger partial charge on any atom is -0.497 e. The van der Waals surface area contributed by atoms with Gasteiger partial charge in [-0.05, 0) is 23.6 Å². The molecule has 2 aromatic heterocycles. The summed E-state index contributed by atoms with van der Waals surface area (Å²) in [5, 5.41) is 10.4. The zero-order valence-electron chi connectivity index (χ0n) is 15.2. The fourth-order valence-corrected chi connectivity index (χ4v) is 3.73. The van der Waals surface area contributed by atoms with Gasteiger partial charge in [0, 0.05) is 23.6 Å². The Morgan fingerprint density at radius 3 is 2.59 bits per heavy atom. The van der Waals surface area contributed by atoms with E-state index >= 15 is 0 Å². The molecule has 0 radical (unpaired) electrons. The van der Waals surface area contributed by atoms with E-state index in [2.05, 4.69) is 10.2 Å². The van der Waals surface area contributed by atoms with Crippen molar-refractivity contribution in [2.24, 2.45) is 0 Å². The van der Waals surface area contributed by atoms with Gasteiger partial charge in [0.1, 0.15) is 11.5 Å². The van der Waals surface area contributed by atoms with Gasteiger partial charge >= 0.3 is 0 Å². The van der Waals surface area contributed by atoms with E-state index in [4.69, 9.17) is 13.9 Å². The number of rotatable bonds is 8. The lowest BCUT2D eigenvalue weighted by Gasteiger charge is -2.15. The fourth-order valence-electron chi connectivity index (χ4n) is 2.27. The average molecular weight is 406 g/mol. The third-order valence-electron chi connectivity index (χ3n) is 3.72.